The van der Waals surface area contributed by atoms with Gasteiger partial charge in [0.2, 0.25) is 0 Å². The van der Waals surface area contributed by atoms with Crippen molar-refractivity contribution in [1.82, 2.24) is 10.2 Å². The second kappa shape index (κ2) is 10.2. The molecule has 0 spiro atoms. The highest BCUT2D eigenvalue weighted by Gasteiger charge is 2.21. The Morgan fingerprint density at radius 2 is 1.67 bits per heavy atom. The Morgan fingerprint density at radius 1 is 1.03 bits per heavy atom. The Bertz CT molecular complexity index is 926. The molecule has 2 N–H and O–H groups in total. The fourth-order valence-corrected chi connectivity index (χ4v) is 3.25. The van der Waals surface area contributed by atoms with Gasteiger partial charge in [0, 0.05) is 13.1 Å². The van der Waals surface area contributed by atoms with Crippen LogP contribution in [-0.4, -0.2) is 54.2 Å². The summed E-state index contributed by atoms with van der Waals surface area (Å²) in [6, 6.07) is 14.0. The molecule has 30 heavy (non-hydrogen) atoms. The minimum absolute atomic E-state index is 0.0675. The Kier molecular flexibility index (Phi) is 7.37. The summed E-state index contributed by atoms with van der Waals surface area (Å²) in [4.78, 5) is 27.3. The smallest absolute Gasteiger partial charge is 0.261 e. The summed E-state index contributed by atoms with van der Waals surface area (Å²) < 4.78 is 11.0. The van der Waals surface area contributed by atoms with Gasteiger partial charge in [-0.15, -0.1) is 0 Å². The maximum atomic E-state index is 12.9. The first-order chi connectivity index (χ1) is 14.5. The second-order valence-corrected chi connectivity index (χ2v) is 7.43. The lowest BCUT2D eigenvalue weighted by molar-refractivity contribution is 0.0303. The van der Waals surface area contributed by atoms with E-state index in [0.717, 1.165) is 0 Å². The molecule has 8 heteroatoms. The predicted molar refractivity (Wildman–Crippen MR) is 119 cm³/mol. The topological polar surface area (TPSA) is 79.9 Å². The third-order valence-corrected chi connectivity index (χ3v) is 4.63. The van der Waals surface area contributed by atoms with Crippen molar-refractivity contribution in [2.24, 2.45) is 0 Å². The quantitative estimate of drug-likeness (QED) is 0.714. The van der Waals surface area contributed by atoms with Crippen LogP contribution < -0.4 is 15.4 Å². The molecule has 158 valence electrons. The van der Waals surface area contributed by atoms with E-state index in [1.807, 2.05) is 13.8 Å². The maximum Gasteiger partial charge on any atom is 0.261 e. The molecule has 7 nitrogen and oxygen atoms in total. The van der Waals surface area contributed by atoms with Gasteiger partial charge in [-0.25, -0.2) is 0 Å². The number of morpholine rings is 1. The van der Waals surface area contributed by atoms with Crippen LogP contribution in [0.2, 0.25) is 0 Å². The van der Waals surface area contributed by atoms with Gasteiger partial charge in [-0.2, -0.15) is 0 Å². The first-order valence-corrected chi connectivity index (χ1v) is 10.2. The summed E-state index contributed by atoms with van der Waals surface area (Å²) in [5.74, 6) is -0.0114. The number of ether oxygens (including phenoxy) is 2. The van der Waals surface area contributed by atoms with Crippen molar-refractivity contribution in [2.45, 2.75) is 20.0 Å². The number of hydrogen-bond acceptors (Lipinski definition) is 5. The van der Waals surface area contributed by atoms with E-state index in [2.05, 4.69) is 10.6 Å². The Hall–Kier alpha value is -2.97. The standard InChI is InChI=1S/C22H25N3O4S/c1-15(2)29-19-10-6-4-8-17(19)20(26)24-22(30)23-18-9-5-3-7-16(18)21(27)25-11-13-28-14-12-25/h3-10,15H,11-14H2,1-2H3,(H2,23,24,26,30). The fraction of sp³-hybridized carbons (Fsp3) is 0.318. The number of benzene rings is 2. The van der Waals surface area contributed by atoms with E-state index >= 15 is 0 Å². The molecule has 1 fully saturated rings. The van der Waals surface area contributed by atoms with Crippen LogP contribution in [0.3, 0.4) is 0 Å². The third-order valence-electron chi connectivity index (χ3n) is 4.43. The van der Waals surface area contributed by atoms with E-state index in [9.17, 15) is 9.59 Å². The summed E-state index contributed by atoms with van der Waals surface area (Å²) >= 11 is 5.32. The van der Waals surface area contributed by atoms with Crippen LogP contribution in [0.15, 0.2) is 48.5 Å². The van der Waals surface area contributed by atoms with E-state index < -0.39 is 0 Å². The molecule has 3 rings (SSSR count). The van der Waals surface area contributed by atoms with Crippen molar-refractivity contribution in [3.63, 3.8) is 0 Å². The van der Waals surface area contributed by atoms with Crippen LogP contribution in [0.5, 0.6) is 5.75 Å². The number of nitrogens with one attached hydrogen (secondary N) is 2. The van der Waals surface area contributed by atoms with Crippen molar-refractivity contribution in [1.29, 1.82) is 0 Å². The van der Waals surface area contributed by atoms with Gasteiger partial charge in [0.25, 0.3) is 11.8 Å². The number of carbonyl (C=O) groups excluding carboxylic acids is 2. The molecule has 1 heterocycles. The van der Waals surface area contributed by atoms with Crippen LogP contribution in [0.1, 0.15) is 34.6 Å². The zero-order valence-corrected chi connectivity index (χ0v) is 17.8. The number of carbonyl (C=O) groups is 2. The molecule has 0 aliphatic carbocycles. The number of thiocarbonyl (C=S) groups is 1. The fourth-order valence-electron chi connectivity index (χ4n) is 3.05. The van der Waals surface area contributed by atoms with Crippen LogP contribution in [-0.2, 0) is 4.74 Å². The van der Waals surface area contributed by atoms with E-state index in [0.29, 0.717) is 48.9 Å². The largest absolute Gasteiger partial charge is 0.490 e. The van der Waals surface area contributed by atoms with Crippen molar-refractivity contribution in [3.8, 4) is 5.75 Å². The zero-order chi connectivity index (χ0) is 21.5. The molecule has 1 saturated heterocycles. The second-order valence-electron chi connectivity index (χ2n) is 7.02. The van der Waals surface area contributed by atoms with Gasteiger partial charge in [0.05, 0.1) is 36.1 Å². The first kappa shape index (κ1) is 21.7. The molecule has 0 saturated carbocycles. The van der Waals surface area contributed by atoms with E-state index in [-0.39, 0.29) is 23.0 Å². The molecular formula is C22H25N3O4S. The average Bonchev–Trinajstić information content (AvgIpc) is 2.74. The van der Waals surface area contributed by atoms with E-state index in [1.54, 1.807) is 53.4 Å². The van der Waals surface area contributed by atoms with Crippen LogP contribution >= 0.6 is 12.2 Å². The molecule has 0 radical (unpaired) electrons. The van der Waals surface area contributed by atoms with Crippen molar-refractivity contribution in [2.75, 3.05) is 31.6 Å². The van der Waals surface area contributed by atoms with Gasteiger partial charge in [-0.1, -0.05) is 24.3 Å². The van der Waals surface area contributed by atoms with Crippen LogP contribution in [0, 0.1) is 0 Å². The van der Waals surface area contributed by atoms with E-state index in [4.69, 9.17) is 21.7 Å². The maximum absolute atomic E-state index is 12.9. The van der Waals surface area contributed by atoms with Gasteiger partial charge in [-0.05, 0) is 50.3 Å². The first-order valence-electron chi connectivity index (χ1n) is 9.80. The molecule has 0 unspecified atom stereocenters. The molecule has 2 aromatic carbocycles. The molecule has 2 aromatic rings. The van der Waals surface area contributed by atoms with Crippen molar-refractivity contribution >= 4 is 34.8 Å². The highest BCUT2D eigenvalue weighted by molar-refractivity contribution is 7.80. The summed E-state index contributed by atoms with van der Waals surface area (Å²) in [7, 11) is 0. The summed E-state index contributed by atoms with van der Waals surface area (Å²) in [6.45, 7) is 5.91. The molecule has 0 bridgehead atoms. The molecule has 2 amide bonds. The van der Waals surface area contributed by atoms with Crippen molar-refractivity contribution in [3.05, 3.63) is 59.7 Å². The number of para-hydroxylation sites is 2. The summed E-state index contributed by atoms with van der Waals surface area (Å²) in [5.41, 5.74) is 1.40. The van der Waals surface area contributed by atoms with Gasteiger partial charge in [0.15, 0.2) is 5.11 Å². The third kappa shape index (κ3) is 5.55. The predicted octanol–water partition coefficient (Wildman–Crippen LogP) is 3.07. The summed E-state index contributed by atoms with van der Waals surface area (Å²) in [5, 5.41) is 5.73. The Labute approximate surface area is 181 Å². The average molecular weight is 428 g/mol. The van der Waals surface area contributed by atoms with Crippen LogP contribution in [0.4, 0.5) is 5.69 Å². The lowest BCUT2D eigenvalue weighted by atomic mass is 10.1. The van der Waals surface area contributed by atoms with Gasteiger partial charge >= 0.3 is 0 Å². The number of hydrogen-bond donors (Lipinski definition) is 2. The molecule has 0 atom stereocenters. The van der Waals surface area contributed by atoms with Gasteiger partial charge in [-0.3, -0.25) is 14.9 Å². The number of amides is 2. The lowest BCUT2D eigenvalue weighted by Crippen LogP contribution is -2.41. The van der Waals surface area contributed by atoms with E-state index in [1.165, 1.54) is 0 Å². The van der Waals surface area contributed by atoms with Crippen molar-refractivity contribution < 1.29 is 19.1 Å². The number of rotatable bonds is 5. The van der Waals surface area contributed by atoms with Gasteiger partial charge in [0.1, 0.15) is 5.75 Å². The summed E-state index contributed by atoms with van der Waals surface area (Å²) in [6.07, 6.45) is -0.0675. The number of anilines is 1. The molecule has 1 aliphatic rings. The Balaban J connectivity index is 1.70. The molecule has 1 aliphatic heterocycles. The molecule has 0 aromatic heterocycles. The number of nitrogens with zero attached hydrogens (tertiary/aromatic N) is 1. The van der Waals surface area contributed by atoms with Gasteiger partial charge < -0.3 is 19.7 Å². The Morgan fingerprint density at radius 3 is 2.37 bits per heavy atom. The van der Waals surface area contributed by atoms with Crippen LogP contribution in [0.25, 0.3) is 0 Å². The lowest BCUT2D eigenvalue weighted by Gasteiger charge is -2.27. The normalized spacial score (nSPS) is 13.6. The highest BCUT2D eigenvalue weighted by Crippen LogP contribution is 2.20. The zero-order valence-electron chi connectivity index (χ0n) is 17.0. The minimum atomic E-state index is -0.388. The highest BCUT2D eigenvalue weighted by atomic mass is 32.1. The monoisotopic (exact) mass is 427 g/mol. The molecular weight excluding hydrogens is 402 g/mol. The SMILES string of the molecule is CC(C)Oc1ccccc1C(=O)NC(=S)Nc1ccccc1C(=O)N1CCOCC1. The minimum Gasteiger partial charge on any atom is -0.490 e.